The number of hydrogen-bond acceptors (Lipinski definition) is 4. The molecule has 4 bridgehead atoms. The number of carbonyl (C=O) groups is 1. The van der Waals surface area contributed by atoms with Gasteiger partial charge < -0.3 is 4.74 Å². The zero-order chi connectivity index (χ0) is 19.0. The second-order valence-electron chi connectivity index (χ2n) is 7.83. The third-order valence-corrected chi connectivity index (χ3v) is 7.64. The van der Waals surface area contributed by atoms with E-state index in [0.717, 1.165) is 12.8 Å². The zero-order valence-corrected chi connectivity index (χ0v) is 14.3. The number of esters is 1. The highest BCUT2D eigenvalue weighted by Gasteiger charge is 2.64. The normalized spacial score (nSPS) is 41.7. The summed E-state index contributed by atoms with van der Waals surface area (Å²) in [6, 6.07) is 0. The number of hydrogen-bond donors (Lipinski definition) is 1. The minimum Gasteiger partial charge on any atom is -0.448 e. The van der Waals surface area contributed by atoms with Crippen molar-refractivity contribution in [2.75, 3.05) is 0 Å². The van der Waals surface area contributed by atoms with E-state index in [4.69, 9.17) is 4.55 Å². The predicted octanol–water partition coefficient (Wildman–Crippen LogP) is 2.74. The van der Waals surface area contributed by atoms with E-state index in [9.17, 15) is 30.8 Å². The van der Waals surface area contributed by atoms with Gasteiger partial charge in [0.25, 0.3) is 6.43 Å². The fraction of sp³-hybridized carbons (Fsp3) is 0.812. The molecule has 3 fully saturated rings. The van der Waals surface area contributed by atoms with Gasteiger partial charge in [-0.15, -0.1) is 0 Å². The third kappa shape index (κ3) is 2.44. The monoisotopic (exact) mass is 398 g/mol. The summed E-state index contributed by atoms with van der Waals surface area (Å²) in [6.07, 6.45) is -1.08. The highest BCUT2D eigenvalue weighted by molar-refractivity contribution is 7.86. The number of halogens is 4. The maximum Gasteiger partial charge on any atom is 0.411 e. The Kier molecular flexibility index (Phi) is 3.97. The Morgan fingerprint density at radius 3 is 2.31 bits per heavy atom. The Morgan fingerprint density at radius 2 is 1.73 bits per heavy atom. The number of fused-ring (bicyclic) bond motifs is 9. The van der Waals surface area contributed by atoms with Gasteiger partial charge in [-0.2, -0.15) is 17.2 Å². The molecular weight excluding hydrogens is 380 g/mol. The fourth-order valence-electron chi connectivity index (χ4n) is 5.91. The Hall–Kier alpha value is -1.16. The van der Waals surface area contributed by atoms with Crippen LogP contribution in [-0.2, 0) is 19.6 Å². The van der Waals surface area contributed by atoms with Gasteiger partial charge in [-0.25, -0.2) is 8.78 Å². The number of rotatable bonds is 5. The number of carbonyl (C=O) groups excluding carboxylic acids is 1. The molecular formula is C16H18F4O5S. The number of allylic oxidation sites excluding steroid dienone is 2. The van der Waals surface area contributed by atoms with Crippen molar-refractivity contribution in [3.05, 3.63) is 12.2 Å². The molecule has 5 nitrogen and oxygen atoms in total. The molecule has 4 aliphatic rings. The van der Waals surface area contributed by atoms with Crippen molar-refractivity contribution in [2.24, 2.45) is 41.4 Å². The molecule has 0 aromatic rings. The molecule has 0 radical (unpaired) electrons. The van der Waals surface area contributed by atoms with E-state index in [-0.39, 0.29) is 17.8 Å². The average molecular weight is 398 g/mol. The van der Waals surface area contributed by atoms with Gasteiger partial charge in [-0.1, -0.05) is 12.2 Å². The van der Waals surface area contributed by atoms with Crippen LogP contribution in [0.2, 0.25) is 0 Å². The molecule has 146 valence electrons. The Balaban J connectivity index is 1.51. The summed E-state index contributed by atoms with van der Waals surface area (Å²) in [5, 5.41) is -5.27. The third-order valence-electron chi connectivity index (χ3n) is 6.72. The van der Waals surface area contributed by atoms with Gasteiger partial charge in [0.2, 0.25) is 6.10 Å². The lowest BCUT2D eigenvalue weighted by Gasteiger charge is -2.36. The van der Waals surface area contributed by atoms with Crippen molar-refractivity contribution in [1.82, 2.24) is 0 Å². The molecule has 0 aliphatic heterocycles. The second-order valence-corrected chi connectivity index (χ2v) is 9.33. The minimum absolute atomic E-state index is 0.116. The summed E-state index contributed by atoms with van der Waals surface area (Å²) in [6.45, 7) is 0. The summed E-state index contributed by atoms with van der Waals surface area (Å²) in [4.78, 5) is 12.3. The van der Waals surface area contributed by atoms with Crippen molar-refractivity contribution in [3.63, 3.8) is 0 Å². The average Bonchev–Trinajstić information content (AvgIpc) is 3.27. The molecule has 0 spiro atoms. The van der Waals surface area contributed by atoms with E-state index in [1.807, 2.05) is 0 Å². The van der Waals surface area contributed by atoms with Crippen molar-refractivity contribution in [2.45, 2.75) is 37.0 Å². The first-order valence-electron chi connectivity index (χ1n) is 8.54. The quantitative estimate of drug-likeness (QED) is 0.253. The molecule has 8 unspecified atom stereocenters. The summed E-state index contributed by atoms with van der Waals surface area (Å²) >= 11 is 0. The first kappa shape index (κ1) is 18.2. The van der Waals surface area contributed by atoms with Crippen molar-refractivity contribution in [3.8, 4) is 0 Å². The van der Waals surface area contributed by atoms with Crippen molar-refractivity contribution >= 4 is 16.1 Å². The molecule has 8 atom stereocenters. The van der Waals surface area contributed by atoms with Crippen molar-refractivity contribution in [1.29, 1.82) is 0 Å². The Bertz CT molecular complexity index is 752. The zero-order valence-electron chi connectivity index (χ0n) is 13.5. The number of alkyl halides is 4. The molecule has 0 aromatic carbocycles. The molecule has 4 rings (SSSR count). The van der Waals surface area contributed by atoms with Gasteiger partial charge in [-0.3, -0.25) is 9.35 Å². The van der Waals surface area contributed by atoms with Crippen LogP contribution < -0.4 is 0 Å². The van der Waals surface area contributed by atoms with Gasteiger partial charge in [0.1, 0.15) is 0 Å². The molecule has 10 heteroatoms. The molecule has 26 heavy (non-hydrogen) atoms. The van der Waals surface area contributed by atoms with Crippen molar-refractivity contribution < 1.29 is 40.1 Å². The topological polar surface area (TPSA) is 80.7 Å². The number of ether oxygens (including phenoxy) is 1. The van der Waals surface area contributed by atoms with Gasteiger partial charge in [-0.05, 0) is 54.8 Å². The summed E-state index contributed by atoms with van der Waals surface area (Å²) in [5.74, 6) is -0.429. The Labute approximate surface area is 147 Å². The van der Waals surface area contributed by atoms with E-state index in [2.05, 4.69) is 16.9 Å². The smallest absolute Gasteiger partial charge is 0.411 e. The summed E-state index contributed by atoms with van der Waals surface area (Å²) in [5.41, 5.74) is 0. The summed E-state index contributed by atoms with van der Waals surface area (Å²) in [7, 11) is -6.15. The second kappa shape index (κ2) is 5.67. The van der Waals surface area contributed by atoms with Crippen LogP contribution in [0.15, 0.2) is 12.2 Å². The van der Waals surface area contributed by atoms with Gasteiger partial charge >= 0.3 is 21.3 Å². The van der Waals surface area contributed by atoms with E-state index >= 15 is 0 Å². The summed E-state index contributed by atoms with van der Waals surface area (Å²) < 4.78 is 87.4. The molecule has 0 saturated heterocycles. The molecule has 3 saturated carbocycles. The van der Waals surface area contributed by atoms with Crippen LogP contribution in [0, 0.1) is 41.4 Å². The van der Waals surface area contributed by atoms with Crippen LogP contribution in [0.5, 0.6) is 0 Å². The van der Waals surface area contributed by atoms with E-state index in [1.54, 1.807) is 0 Å². The maximum absolute atomic E-state index is 13.6. The molecule has 1 N–H and O–H groups in total. The van der Waals surface area contributed by atoms with Crippen LogP contribution in [0.25, 0.3) is 0 Å². The van der Waals surface area contributed by atoms with Crippen LogP contribution in [-0.4, -0.2) is 36.7 Å². The predicted molar refractivity (Wildman–Crippen MR) is 79.8 cm³/mol. The Morgan fingerprint density at radius 1 is 1.12 bits per heavy atom. The first-order chi connectivity index (χ1) is 12.0. The standard InChI is InChI=1S/C16H18F4O5S/c17-14(18)13(16(19,20)26(22,23)24)25-15(21)10-5-8-4-9(10)12-7-2-1-6(3-7)11(8)12/h1-2,6-14H,3-5H2,(H,22,23,24). The largest absolute Gasteiger partial charge is 0.448 e. The van der Waals surface area contributed by atoms with Gasteiger partial charge in [0, 0.05) is 0 Å². The molecule has 0 heterocycles. The fourth-order valence-corrected chi connectivity index (χ4v) is 6.36. The van der Waals surface area contributed by atoms with E-state index < -0.39 is 39.8 Å². The lowest BCUT2D eigenvalue weighted by molar-refractivity contribution is -0.186. The maximum atomic E-state index is 13.6. The molecule has 0 amide bonds. The lowest BCUT2D eigenvalue weighted by Crippen LogP contribution is -2.49. The lowest BCUT2D eigenvalue weighted by atomic mass is 9.69. The van der Waals surface area contributed by atoms with Crippen LogP contribution in [0.1, 0.15) is 19.3 Å². The van der Waals surface area contributed by atoms with Crippen LogP contribution in [0.3, 0.4) is 0 Å². The van der Waals surface area contributed by atoms with E-state index in [0.29, 0.717) is 24.2 Å². The van der Waals surface area contributed by atoms with Gasteiger partial charge in [0.05, 0.1) is 5.92 Å². The molecule has 4 aliphatic carbocycles. The first-order valence-corrected chi connectivity index (χ1v) is 9.98. The minimum atomic E-state index is -6.15. The highest BCUT2D eigenvalue weighted by Crippen LogP contribution is 2.67. The van der Waals surface area contributed by atoms with E-state index in [1.165, 1.54) is 0 Å². The molecule has 0 aromatic heterocycles. The van der Waals surface area contributed by atoms with Gasteiger partial charge in [0.15, 0.2) is 0 Å². The van der Waals surface area contributed by atoms with Crippen LogP contribution >= 0.6 is 0 Å². The highest BCUT2D eigenvalue weighted by atomic mass is 32.2. The van der Waals surface area contributed by atoms with Crippen LogP contribution in [0.4, 0.5) is 17.6 Å². The SMILES string of the molecule is O=C(OC(C(F)F)C(F)(F)S(=O)(=O)O)C1CC2CC1C1C3C=CC(C3)C21.